The predicted molar refractivity (Wildman–Crippen MR) is 248 cm³/mol. The third-order valence-electron chi connectivity index (χ3n) is 11.8. The van der Waals surface area contributed by atoms with E-state index in [1.807, 2.05) is 0 Å². The van der Waals surface area contributed by atoms with E-state index in [0.717, 1.165) is 73.8 Å². The average Bonchev–Trinajstić information content (AvgIpc) is 3.65. The summed E-state index contributed by atoms with van der Waals surface area (Å²) < 4.78 is 20.5. The molecule has 0 atom stereocenters. The van der Waals surface area contributed by atoms with Crippen molar-refractivity contribution in [3.05, 3.63) is 218 Å². The molecule has 0 unspecified atom stereocenters. The van der Waals surface area contributed by atoms with Crippen LogP contribution in [0.2, 0.25) is 0 Å². The number of aromatic nitrogens is 1. The molecule has 5 nitrogen and oxygen atoms in total. The van der Waals surface area contributed by atoms with E-state index in [9.17, 15) is 0 Å². The Morgan fingerprint density at radius 3 is 1.10 bits per heavy atom. The second kappa shape index (κ2) is 14.2. The van der Waals surface area contributed by atoms with Gasteiger partial charge in [-0.3, -0.25) is 0 Å². The summed E-state index contributed by atoms with van der Waals surface area (Å²) in [5.74, 6) is 3.54. The normalized spacial score (nSPS) is 12.2. The first-order chi connectivity index (χ1) is 29.8. The van der Waals surface area contributed by atoms with Gasteiger partial charge in [0.1, 0.15) is 0 Å². The van der Waals surface area contributed by atoms with Gasteiger partial charge in [0.05, 0.1) is 0 Å². The zero-order chi connectivity index (χ0) is 39.6. The van der Waals surface area contributed by atoms with Crippen molar-refractivity contribution in [1.29, 1.82) is 0 Å². The molecule has 3 heterocycles. The van der Waals surface area contributed by atoms with Crippen molar-refractivity contribution in [2.75, 3.05) is 9.80 Å². The fourth-order valence-corrected chi connectivity index (χ4v) is 16.1. The van der Waals surface area contributed by atoms with Gasteiger partial charge in [0, 0.05) is 0 Å². The minimum atomic E-state index is -2.85. The van der Waals surface area contributed by atoms with Crippen LogP contribution in [0.1, 0.15) is 0 Å². The summed E-state index contributed by atoms with van der Waals surface area (Å²) in [6.07, 6.45) is 0. The number of ether oxygens (including phenoxy) is 2. The van der Waals surface area contributed by atoms with Crippen LogP contribution in [0.15, 0.2) is 218 Å². The van der Waals surface area contributed by atoms with Crippen molar-refractivity contribution in [3.63, 3.8) is 0 Å². The van der Waals surface area contributed by atoms with Gasteiger partial charge in [-0.15, -0.1) is 0 Å². The van der Waals surface area contributed by atoms with Crippen LogP contribution < -0.4 is 31.6 Å². The topological polar surface area (TPSA) is 29.9 Å². The number of hydrogen-bond acceptors (Lipinski definition) is 4. The Hall–Kier alpha value is -7.38. The van der Waals surface area contributed by atoms with Crippen LogP contribution in [0.25, 0.3) is 27.5 Å². The van der Waals surface area contributed by atoms with Crippen LogP contribution in [0.5, 0.6) is 23.0 Å². The fourth-order valence-electron chi connectivity index (χ4n) is 9.27. The molecule has 0 aliphatic carbocycles. The van der Waals surface area contributed by atoms with Gasteiger partial charge < -0.3 is 0 Å². The van der Waals surface area contributed by atoms with Crippen LogP contribution >= 0.6 is 0 Å². The predicted octanol–water partition coefficient (Wildman–Crippen LogP) is 12.5. The molecule has 60 heavy (non-hydrogen) atoms. The Kier molecular flexibility index (Phi) is 8.18. The van der Waals surface area contributed by atoms with E-state index in [0.29, 0.717) is 0 Å². The zero-order valence-electron chi connectivity index (χ0n) is 32.5. The van der Waals surface area contributed by atoms with Crippen molar-refractivity contribution < 1.29 is 9.47 Å². The maximum atomic E-state index is 7.16. The van der Waals surface area contributed by atoms with E-state index in [1.165, 1.54) is 23.1 Å². The number of rotatable bonds is 7. The molecule has 9 aromatic carbocycles. The summed E-state index contributed by atoms with van der Waals surface area (Å²) in [6, 6.07) is 77.7. The number of para-hydroxylation sites is 6. The van der Waals surface area contributed by atoms with Gasteiger partial charge in [-0.25, -0.2) is 0 Å². The van der Waals surface area contributed by atoms with E-state index in [1.54, 1.807) is 0 Å². The van der Waals surface area contributed by atoms with Gasteiger partial charge in [-0.2, -0.15) is 0 Å². The molecule has 0 saturated carbocycles. The molecule has 0 fully saturated rings. The molecule has 10 aromatic rings. The number of anilines is 6. The number of fused-ring (bicyclic) bond motifs is 7. The van der Waals surface area contributed by atoms with Gasteiger partial charge >= 0.3 is 355 Å². The Morgan fingerprint density at radius 2 is 0.700 bits per heavy atom. The number of nitrogens with zero attached hydrogens (tertiary/aromatic N) is 3. The summed E-state index contributed by atoms with van der Waals surface area (Å²) in [4.78, 5) is 4.61. The average molecular weight is 829 g/mol. The molecule has 0 amide bonds. The molecule has 0 N–H and O–H groups in total. The van der Waals surface area contributed by atoms with Crippen LogP contribution in [0.4, 0.5) is 34.1 Å². The van der Waals surface area contributed by atoms with Crippen LogP contribution in [0.3, 0.4) is 0 Å². The van der Waals surface area contributed by atoms with Crippen LogP contribution in [-0.4, -0.2) is 20.8 Å². The first kappa shape index (κ1) is 34.6. The molecule has 0 saturated heterocycles. The molecule has 0 bridgehead atoms. The third kappa shape index (κ3) is 5.64. The van der Waals surface area contributed by atoms with E-state index in [-0.39, 0.29) is 0 Å². The summed E-state index contributed by atoms with van der Waals surface area (Å²) in [5.41, 5.74) is 9.72. The van der Waals surface area contributed by atoms with Crippen molar-refractivity contribution in [1.82, 2.24) is 4.57 Å². The summed E-state index contributed by atoms with van der Waals surface area (Å²) in [6.45, 7) is 0. The van der Waals surface area contributed by atoms with E-state index in [4.69, 9.17) is 9.47 Å². The van der Waals surface area contributed by atoms with E-state index < -0.39 is 16.2 Å². The number of hydrogen-bond donors (Lipinski definition) is 0. The second-order valence-corrected chi connectivity index (χ2v) is 21.0. The Labute approximate surface area is 353 Å². The third-order valence-corrected chi connectivity index (χ3v) is 18.9. The van der Waals surface area contributed by atoms with Gasteiger partial charge in [0.15, 0.2) is 0 Å². The molecule has 0 radical (unpaired) electrons. The molecule has 1 aromatic heterocycles. The molecule has 6 heteroatoms. The standard InChI is InChI=1S/C54H36N3O2.Ga/c1-5-19-40(20-6-1)55(41-21-7-2-8-22-41)44-27-17-29-47(35-44)58-49-37-46(57-53-33-15-13-31-51(53)52-32-14-16-34-54(52)57)38-50(39-49)59-48-30-18-28-45(36-48)56(42-23-9-3-10-24-42)43-25-11-4-12-26-43;/h1-28,31-38H;. The Morgan fingerprint density at radius 1 is 0.333 bits per heavy atom. The van der Waals surface area contributed by atoms with Gasteiger partial charge in [-0.1, -0.05) is 0 Å². The summed E-state index contributed by atoms with van der Waals surface area (Å²) in [7, 11) is 0. The first-order valence-corrected chi connectivity index (χ1v) is 24.0. The van der Waals surface area contributed by atoms with E-state index in [2.05, 4.69) is 233 Å². The first-order valence-electron chi connectivity index (χ1n) is 20.4. The Bertz CT molecular complexity index is 2940. The van der Waals surface area contributed by atoms with Crippen molar-refractivity contribution in [2.45, 2.75) is 0 Å². The van der Waals surface area contributed by atoms with Crippen LogP contribution in [-0.2, 0) is 0 Å². The van der Waals surface area contributed by atoms with Crippen LogP contribution in [0, 0.1) is 0 Å². The van der Waals surface area contributed by atoms with Gasteiger partial charge in [0.25, 0.3) is 0 Å². The molecular weight excluding hydrogens is 792 g/mol. The fraction of sp³-hybridized carbons (Fsp3) is 0. The second-order valence-electron chi connectivity index (χ2n) is 15.3. The van der Waals surface area contributed by atoms with Crippen molar-refractivity contribution >= 4 is 84.5 Å². The van der Waals surface area contributed by atoms with Gasteiger partial charge in [-0.05, 0) is 0 Å². The monoisotopic (exact) mass is 827 g/mol. The minimum absolute atomic E-state index is 0.870. The van der Waals surface area contributed by atoms with Crippen molar-refractivity contribution in [2.24, 2.45) is 0 Å². The van der Waals surface area contributed by atoms with Crippen molar-refractivity contribution in [3.8, 4) is 28.7 Å². The molecule has 2 aliphatic rings. The Balaban J connectivity index is 1.07. The molecule has 12 rings (SSSR count). The van der Waals surface area contributed by atoms with E-state index >= 15 is 0 Å². The molecule has 0 spiro atoms. The van der Waals surface area contributed by atoms with Gasteiger partial charge in [0.2, 0.25) is 0 Å². The summed E-state index contributed by atoms with van der Waals surface area (Å²) >= 11 is -2.85. The number of benzene rings is 9. The molecule has 2 aliphatic heterocycles. The SMILES string of the molecule is c1ccc(N(c2ccccc2)c2cc[c]3c(c2)Oc2cc(-n4c5ccccc5c5ccccc54)cc4[c]2[Ga]3[c]2ccc(N(c3ccccc3)c3ccccc3)cc2O4)cc1. The molecule has 282 valence electrons. The quantitative estimate of drug-likeness (QED) is 0.150. The zero-order valence-corrected chi connectivity index (χ0v) is 34.9. The maximum absolute atomic E-state index is 7.16. The molecular formula is C54H36GaN3O2. The summed E-state index contributed by atoms with van der Waals surface area (Å²) in [5, 5.41) is 2.43.